The van der Waals surface area contributed by atoms with Crippen LogP contribution < -0.4 is 11.0 Å². The van der Waals surface area contributed by atoms with Gasteiger partial charge >= 0.3 is 11.8 Å². The topological polar surface area (TPSA) is 103 Å². The van der Waals surface area contributed by atoms with Crippen molar-refractivity contribution in [2.24, 2.45) is 0 Å². The maximum atomic E-state index is 15.0. The number of rotatable bonds is 5. The number of piperidine rings is 1. The van der Waals surface area contributed by atoms with E-state index < -0.39 is 29.2 Å². The average Bonchev–Trinajstić information content (AvgIpc) is 3.55. The van der Waals surface area contributed by atoms with Crippen LogP contribution in [0.15, 0.2) is 47.5 Å². The minimum absolute atomic E-state index is 0.119. The molecule has 10 nitrogen and oxygen atoms in total. The Labute approximate surface area is 265 Å². The first kappa shape index (κ1) is 31.3. The standard InChI is InChI=1S/C34H38F2N6O4/c1-19-14-24(15-20(2)30(19)36)42-31(29-26(38-42)18-23-8-7-9-27(29)41(23)33(45)46-34(3,4)5)40-13-12-39(32(40)44)22-11-10-21(25(35)17-22)16-28(43)37-6/h10-15,17,23,27H,7-9,16,18H2,1-6H3,(H,37,43)/t23-,27+/m1/s1. The second-order valence-corrected chi connectivity index (χ2v) is 13.1. The van der Waals surface area contributed by atoms with Gasteiger partial charge in [-0.05, 0) is 94.8 Å². The molecule has 1 fully saturated rings. The minimum atomic E-state index is -0.693. The number of hydrogen-bond acceptors (Lipinski definition) is 5. The second kappa shape index (κ2) is 11.6. The van der Waals surface area contributed by atoms with E-state index in [0.29, 0.717) is 35.5 Å². The van der Waals surface area contributed by atoms with Crippen LogP contribution in [0.5, 0.6) is 0 Å². The number of carbonyl (C=O) groups is 2. The zero-order valence-electron chi connectivity index (χ0n) is 26.9. The van der Waals surface area contributed by atoms with Crippen LogP contribution in [0, 0.1) is 25.5 Å². The van der Waals surface area contributed by atoms with E-state index in [1.54, 1.807) is 54.0 Å². The molecule has 2 amide bonds. The van der Waals surface area contributed by atoms with Crippen LogP contribution >= 0.6 is 0 Å². The van der Waals surface area contributed by atoms with Crippen molar-refractivity contribution in [1.82, 2.24) is 29.1 Å². The van der Waals surface area contributed by atoms with Gasteiger partial charge in [0.2, 0.25) is 5.91 Å². The zero-order chi connectivity index (χ0) is 33.1. The molecule has 2 atom stereocenters. The Morgan fingerprint density at radius 3 is 2.37 bits per heavy atom. The lowest BCUT2D eigenvalue weighted by molar-refractivity contribution is -0.120. The molecule has 46 heavy (non-hydrogen) atoms. The molecule has 12 heteroatoms. The quantitative estimate of drug-likeness (QED) is 0.318. The van der Waals surface area contributed by atoms with Gasteiger partial charge in [-0.2, -0.15) is 5.10 Å². The molecule has 6 rings (SSSR count). The largest absolute Gasteiger partial charge is 0.444 e. The number of benzene rings is 2. The SMILES string of the molecule is CNC(=O)Cc1ccc(-n2ccn(-c3c4c(nn3-c3cc(C)c(F)c(C)c3)C[C@H]3CCC[C@@H]4N3C(=O)OC(C)(C)C)c2=O)cc1F. The number of amides is 2. The fourth-order valence-corrected chi connectivity index (χ4v) is 6.62. The van der Waals surface area contributed by atoms with Gasteiger partial charge in [-0.15, -0.1) is 0 Å². The molecule has 0 radical (unpaired) electrons. The first-order valence-corrected chi connectivity index (χ1v) is 15.5. The van der Waals surface area contributed by atoms with E-state index in [1.165, 1.54) is 28.3 Å². The molecule has 2 aromatic heterocycles. The monoisotopic (exact) mass is 632 g/mol. The summed E-state index contributed by atoms with van der Waals surface area (Å²) < 4.78 is 40.0. The van der Waals surface area contributed by atoms with E-state index in [2.05, 4.69) is 5.32 Å². The van der Waals surface area contributed by atoms with Crippen LogP contribution in [-0.2, 0) is 22.4 Å². The molecule has 242 valence electrons. The van der Waals surface area contributed by atoms with Crippen LogP contribution in [0.2, 0.25) is 0 Å². The predicted molar refractivity (Wildman–Crippen MR) is 168 cm³/mol. The Hall–Kier alpha value is -4.74. The molecular formula is C34H38F2N6O4. The average molecular weight is 633 g/mol. The first-order valence-electron chi connectivity index (χ1n) is 15.5. The molecule has 2 aliphatic rings. The van der Waals surface area contributed by atoms with Gasteiger partial charge in [0, 0.05) is 37.5 Å². The molecule has 1 N–H and O–H groups in total. The smallest absolute Gasteiger partial charge is 0.411 e. The third-order valence-corrected chi connectivity index (χ3v) is 8.70. The van der Waals surface area contributed by atoms with Gasteiger partial charge in [0.1, 0.15) is 23.1 Å². The summed E-state index contributed by atoms with van der Waals surface area (Å²) in [5.41, 5.74) is 2.23. The summed E-state index contributed by atoms with van der Waals surface area (Å²) in [6.45, 7) is 8.84. The van der Waals surface area contributed by atoms with E-state index in [4.69, 9.17) is 9.84 Å². The lowest BCUT2D eigenvalue weighted by atomic mass is 9.83. The van der Waals surface area contributed by atoms with Gasteiger partial charge in [0.05, 0.1) is 29.5 Å². The summed E-state index contributed by atoms with van der Waals surface area (Å²) in [7, 11) is 1.48. The highest BCUT2D eigenvalue weighted by Crippen LogP contribution is 2.45. The first-order chi connectivity index (χ1) is 21.8. The molecule has 2 aromatic carbocycles. The van der Waals surface area contributed by atoms with E-state index in [0.717, 1.165) is 24.1 Å². The van der Waals surface area contributed by atoms with Gasteiger partial charge < -0.3 is 10.1 Å². The maximum Gasteiger partial charge on any atom is 0.411 e. The lowest BCUT2D eigenvalue weighted by Gasteiger charge is -2.45. The molecule has 2 aliphatic heterocycles. The number of nitrogens with one attached hydrogen (secondary N) is 1. The van der Waals surface area contributed by atoms with Crippen LogP contribution in [0.4, 0.5) is 13.6 Å². The molecule has 0 saturated carbocycles. The molecule has 0 aliphatic carbocycles. The van der Waals surface area contributed by atoms with E-state index in [1.807, 2.05) is 20.8 Å². The summed E-state index contributed by atoms with van der Waals surface area (Å²) in [6, 6.07) is 7.14. The van der Waals surface area contributed by atoms with Crippen LogP contribution in [0.25, 0.3) is 17.2 Å². The molecule has 0 spiro atoms. The molecule has 0 unspecified atom stereocenters. The van der Waals surface area contributed by atoms with Gasteiger partial charge in [0.15, 0.2) is 0 Å². The molecular weight excluding hydrogens is 594 g/mol. The van der Waals surface area contributed by atoms with Crippen molar-refractivity contribution in [3.8, 4) is 17.2 Å². The summed E-state index contributed by atoms with van der Waals surface area (Å²) in [6.07, 6.45) is 5.37. The van der Waals surface area contributed by atoms with Crippen molar-refractivity contribution < 1.29 is 23.1 Å². The number of carbonyl (C=O) groups excluding carboxylic acids is 2. The van der Waals surface area contributed by atoms with Crippen molar-refractivity contribution in [1.29, 1.82) is 0 Å². The Kier molecular flexibility index (Phi) is 7.86. The summed E-state index contributed by atoms with van der Waals surface area (Å²) in [4.78, 5) is 41.4. The number of halogens is 2. The third kappa shape index (κ3) is 5.50. The summed E-state index contributed by atoms with van der Waals surface area (Å²) in [5, 5.41) is 7.47. The number of ether oxygens (including phenoxy) is 1. The highest BCUT2D eigenvalue weighted by molar-refractivity contribution is 5.78. The zero-order valence-corrected chi connectivity index (χ0v) is 26.9. The second-order valence-electron chi connectivity index (χ2n) is 13.1. The van der Waals surface area contributed by atoms with E-state index >= 15 is 4.39 Å². The third-order valence-electron chi connectivity index (χ3n) is 8.70. The molecule has 2 bridgehead atoms. The number of aromatic nitrogens is 4. The van der Waals surface area contributed by atoms with Gasteiger partial charge in [-0.25, -0.2) is 23.1 Å². The summed E-state index contributed by atoms with van der Waals surface area (Å²) >= 11 is 0. The van der Waals surface area contributed by atoms with Crippen molar-refractivity contribution in [2.45, 2.75) is 84.4 Å². The Balaban J connectivity index is 1.52. The van der Waals surface area contributed by atoms with E-state index in [9.17, 15) is 18.8 Å². The van der Waals surface area contributed by atoms with Crippen LogP contribution in [0.3, 0.4) is 0 Å². The molecule has 1 saturated heterocycles. The lowest BCUT2D eigenvalue weighted by Crippen LogP contribution is -2.51. The number of nitrogens with zero attached hydrogens (tertiary/aromatic N) is 5. The maximum absolute atomic E-state index is 15.0. The van der Waals surface area contributed by atoms with Gasteiger partial charge in [0.25, 0.3) is 0 Å². The Bertz CT molecular complexity index is 1890. The van der Waals surface area contributed by atoms with Crippen LogP contribution in [0.1, 0.15) is 74.0 Å². The number of imidazole rings is 1. The molecule has 4 heterocycles. The molecule has 4 aromatic rings. The predicted octanol–water partition coefficient (Wildman–Crippen LogP) is 5.38. The van der Waals surface area contributed by atoms with Crippen molar-refractivity contribution in [3.05, 3.63) is 92.8 Å². The fraction of sp³-hybridized carbons (Fsp3) is 0.412. The normalized spacial score (nSPS) is 17.5. The minimum Gasteiger partial charge on any atom is -0.444 e. The number of likely N-dealkylation sites (N-methyl/N-ethyl adjacent to an activating group) is 1. The highest BCUT2D eigenvalue weighted by atomic mass is 19.1. The Morgan fingerprint density at radius 1 is 1.02 bits per heavy atom. The number of fused-ring (bicyclic) bond motifs is 4. The number of hydrogen-bond donors (Lipinski definition) is 1. The Morgan fingerprint density at radius 2 is 1.72 bits per heavy atom. The van der Waals surface area contributed by atoms with Crippen molar-refractivity contribution in [3.63, 3.8) is 0 Å². The van der Waals surface area contributed by atoms with Gasteiger partial charge in [-0.1, -0.05) is 6.07 Å². The van der Waals surface area contributed by atoms with Crippen LogP contribution in [-0.4, -0.2) is 54.5 Å². The summed E-state index contributed by atoms with van der Waals surface area (Å²) in [5.74, 6) is -0.828. The van der Waals surface area contributed by atoms with Crippen molar-refractivity contribution in [2.75, 3.05) is 7.05 Å². The van der Waals surface area contributed by atoms with Crippen molar-refractivity contribution >= 4 is 12.0 Å². The fourth-order valence-electron chi connectivity index (χ4n) is 6.62. The number of aryl methyl sites for hydroxylation is 2. The van der Waals surface area contributed by atoms with E-state index in [-0.39, 0.29) is 35.4 Å². The van der Waals surface area contributed by atoms with Gasteiger partial charge in [-0.3, -0.25) is 18.8 Å². The highest BCUT2D eigenvalue weighted by Gasteiger charge is 2.46.